The minimum atomic E-state index is -0.933. The molecule has 0 saturated heterocycles. The van der Waals surface area contributed by atoms with Crippen LogP contribution in [0, 0.1) is 23.7 Å². The lowest BCUT2D eigenvalue weighted by atomic mass is 9.88. The zero-order valence-electron chi connectivity index (χ0n) is 52.0. The number of nitrogens with one attached hydrogen (secondary N) is 3. The van der Waals surface area contributed by atoms with Crippen LogP contribution in [-0.4, -0.2) is 82.1 Å². The van der Waals surface area contributed by atoms with E-state index < -0.39 is 53.5 Å². The number of amides is 4. The van der Waals surface area contributed by atoms with E-state index in [2.05, 4.69) is 20.6 Å². The number of carbonyl (C=O) groups excluding carboxylic acids is 9. The molecular weight excluding hydrogens is 1160 g/mol. The van der Waals surface area contributed by atoms with Crippen LogP contribution in [0.25, 0.3) is 21.7 Å². The van der Waals surface area contributed by atoms with Crippen LogP contribution in [0.5, 0.6) is 0 Å². The lowest BCUT2D eigenvalue weighted by molar-refractivity contribution is -0.133. The van der Waals surface area contributed by atoms with E-state index in [-0.39, 0.29) is 98.6 Å². The first-order valence-electron chi connectivity index (χ1n) is 30.8. The van der Waals surface area contributed by atoms with Crippen molar-refractivity contribution in [3.8, 4) is 0 Å². The molecule has 0 bridgehead atoms. The number of guanidine groups is 1. The third-order valence-corrected chi connectivity index (χ3v) is 16.2. The van der Waals surface area contributed by atoms with Gasteiger partial charge < -0.3 is 59.6 Å². The molecule has 478 valence electrons. The van der Waals surface area contributed by atoms with Crippen molar-refractivity contribution in [2.24, 2.45) is 51.6 Å². The quantitative estimate of drug-likeness (QED) is 0.00621. The number of unbranched alkanes of at least 4 members (excludes halogenated alkanes) is 1. The number of hydrogen-bond donors (Lipinski definition) is 9. The molecule has 0 radical (unpaired) electrons. The molecule has 8 aromatic rings. The molecule has 19 nitrogen and oxygen atoms in total. The van der Waals surface area contributed by atoms with Crippen LogP contribution < -0.4 is 45.0 Å². The van der Waals surface area contributed by atoms with E-state index in [4.69, 9.17) is 34.4 Å². The lowest BCUT2D eigenvalue weighted by Crippen LogP contribution is -2.47. The largest absolute Gasteiger partial charge is 0.399 e. The average molecular weight is 1240 g/mol. The number of aromatic amines is 1. The first-order chi connectivity index (χ1) is 44.1. The maximum Gasteiger partial charge on any atom is 0.224 e. The van der Waals surface area contributed by atoms with Crippen molar-refractivity contribution in [2.45, 2.75) is 103 Å². The van der Waals surface area contributed by atoms with Crippen molar-refractivity contribution in [1.82, 2.24) is 15.6 Å². The second-order valence-electron chi connectivity index (χ2n) is 23.6. The van der Waals surface area contributed by atoms with Gasteiger partial charge in [0.05, 0.1) is 12.1 Å². The highest BCUT2D eigenvalue weighted by atomic mass is 16.2. The van der Waals surface area contributed by atoms with Gasteiger partial charge >= 0.3 is 0 Å². The highest BCUT2D eigenvalue weighted by Gasteiger charge is 2.32. The molecule has 0 aliphatic carbocycles. The van der Waals surface area contributed by atoms with Crippen LogP contribution in [0.3, 0.4) is 0 Å². The van der Waals surface area contributed by atoms with Crippen molar-refractivity contribution in [3.05, 3.63) is 215 Å². The number of anilines is 2. The molecule has 19 heteroatoms. The summed E-state index contributed by atoms with van der Waals surface area (Å²) in [6.45, 7) is 3.22. The first-order valence-corrected chi connectivity index (χ1v) is 30.8. The predicted molar refractivity (Wildman–Crippen MR) is 359 cm³/mol. The zero-order chi connectivity index (χ0) is 66.3. The Hall–Kier alpha value is -10.6. The Morgan fingerprint density at radius 1 is 0.457 bits per heavy atom. The lowest BCUT2D eigenvalue weighted by Gasteiger charge is -2.23. The Morgan fingerprint density at radius 2 is 0.924 bits per heavy atom. The molecule has 1 heterocycles. The number of nitrogens with two attached hydrogens (primary N) is 6. The minimum absolute atomic E-state index is 0.0336. The number of ketones is 5. The number of H-pyrrole nitrogens is 1. The number of hydrogen-bond acceptors (Lipinski definition) is 12. The molecule has 0 fully saturated rings. The van der Waals surface area contributed by atoms with Crippen molar-refractivity contribution >= 4 is 91.6 Å². The maximum absolute atomic E-state index is 13.9. The molecular formula is C73H82N10O9. The molecule has 0 aliphatic rings. The Labute approximate surface area is 535 Å². The SMILES string of the molecule is CC(=O)C[C@@H](Cc1ccc(C(=O)c2ccccc2)cc1)C(=O)N[C@@H](CCCCN=C(N)N)C(=O)C[C@@H](Cc1ccc(N)cc1)C(N)=O.CC(=O)C[C@@H](Cc1ccc2ccccc2c1)C(=O)N[C@@H](Cc1ccc(N)cc1)C(=O)C[C@@H](Cc1c[nH]c2ccccc12)C(N)=O. The van der Waals surface area contributed by atoms with Gasteiger partial charge in [-0.2, -0.15) is 0 Å². The van der Waals surface area contributed by atoms with Gasteiger partial charge in [-0.15, -0.1) is 0 Å². The van der Waals surface area contributed by atoms with E-state index in [1.54, 1.807) is 97.1 Å². The summed E-state index contributed by atoms with van der Waals surface area (Å²) in [5.41, 5.74) is 41.3. The second kappa shape index (κ2) is 33.9. The van der Waals surface area contributed by atoms with E-state index in [0.29, 0.717) is 48.3 Å². The van der Waals surface area contributed by atoms with Gasteiger partial charge in [0.15, 0.2) is 23.3 Å². The molecule has 15 N–H and O–H groups in total. The van der Waals surface area contributed by atoms with Gasteiger partial charge in [-0.05, 0) is 134 Å². The van der Waals surface area contributed by atoms with E-state index in [1.165, 1.54) is 13.8 Å². The number of carbonyl (C=O) groups is 9. The number of Topliss-reactive ketones (excluding diaryl/α,β-unsaturated/α-hetero) is 4. The Morgan fingerprint density at radius 3 is 1.50 bits per heavy atom. The van der Waals surface area contributed by atoms with Crippen LogP contribution in [-0.2, 0) is 70.5 Å². The standard InChI is InChI=1S/C37H38N4O4.C36H44N6O5/c1-23(42)16-29(18-25-10-13-26-6-2-3-7-27(26)17-25)37(45)41-34(19-24-11-14-31(38)15-12-24)35(43)21-28(36(39)44)20-30-22-40-33-9-5-4-8-32(30)33;1-23(43)19-29(21-24-10-14-27(15-11-24)33(45)26-7-3-2-4-8-26)35(47)42-31(9-5-6-18-41-36(39)40)32(44)22-28(34(38)46)20-25-12-16-30(37)17-13-25/h2-15,17,22,28-29,34,40H,16,18-21,38H2,1H3,(H2,39,44)(H,41,45);2-4,7-8,10-17,28-29,31H,5-6,9,18-22,37H2,1H3,(H2,38,46)(H,42,47)(H4,39,40,41)/t28-,29+,34+;28-,29+,31+/m11/s1. The molecule has 0 aliphatic heterocycles. The van der Waals surface area contributed by atoms with Crippen molar-refractivity contribution in [3.63, 3.8) is 0 Å². The highest BCUT2D eigenvalue weighted by Crippen LogP contribution is 2.26. The number of rotatable bonds is 33. The second-order valence-corrected chi connectivity index (χ2v) is 23.6. The third kappa shape index (κ3) is 21.3. The molecule has 1 aromatic heterocycles. The first kappa shape index (κ1) is 68.9. The predicted octanol–water partition coefficient (Wildman–Crippen LogP) is 7.94. The van der Waals surface area contributed by atoms with Gasteiger partial charge in [-0.1, -0.05) is 140 Å². The van der Waals surface area contributed by atoms with Crippen LogP contribution in [0.2, 0.25) is 0 Å². The number of nitrogen functional groups attached to an aromatic ring is 2. The number of aromatic nitrogens is 1. The monoisotopic (exact) mass is 1240 g/mol. The van der Waals surface area contributed by atoms with E-state index in [1.807, 2.05) is 79.0 Å². The molecule has 7 aromatic carbocycles. The van der Waals surface area contributed by atoms with Crippen LogP contribution in [0.1, 0.15) is 103 Å². The van der Waals surface area contributed by atoms with Crippen molar-refractivity contribution < 1.29 is 43.2 Å². The number of benzene rings is 7. The summed E-state index contributed by atoms with van der Waals surface area (Å²) in [7, 11) is 0. The fraction of sp³-hybridized carbons (Fsp3) is 0.288. The smallest absolute Gasteiger partial charge is 0.224 e. The third-order valence-electron chi connectivity index (χ3n) is 16.2. The summed E-state index contributed by atoms with van der Waals surface area (Å²) in [4.78, 5) is 124. The maximum atomic E-state index is 13.9. The summed E-state index contributed by atoms with van der Waals surface area (Å²) in [6.07, 6.45) is 4.14. The Balaban J connectivity index is 0.000000261. The van der Waals surface area contributed by atoms with Crippen molar-refractivity contribution in [1.29, 1.82) is 0 Å². The van der Waals surface area contributed by atoms with Gasteiger partial charge in [0, 0.05) is 95.5 Å². The fourth-order valence-corrected chi connectivity index (χ4v) is 11.2. The number of aliphatic imine (C=N–C) groups is 1. The topological polar surface area (TPSA) is 362 Å². The molecule has 0 spiro atoms. The Kier molecular flexibility index (Phi) is 25.4. The molecule has 6 atom stereocenters. The van der Waals surface area contributed by atoms with Crippen LogP contribution in [0.15, 0.2) is 181 Å². The van der Waals surface area contributed by atoms with Gasteiger partial charge in [-0.25, -0.2) is 0 Å². The molecule has 8 rings (SSSR count). The summed E-state index contributed by atoms with van der Waals surface area (Å²) in [5.74, 6) is -6.18. The van der Waals surface area contributed by atoms with Crippen LogP contribution >= 0.6 is 0 Å². The van der Waals surface area contributed by atoms with Crippen LogP contribution in [0.4, 0.5) is 11.4 Å². The molecule has 92 heavy (non-hydrogen) atoms. The summed E-state index contributed by atoms with van der Waals surface area (Å²) < 4.78 is 0. The number of para-hydroxylation sites is 1. The summed E-state index contributed by atoms with van der Waals surface area (Å²) in [6, 6.07) is 49.7. The minimum Gasteiger partial charge on any atom is -0.399 e. The summed E-state index contributed by atoms with van der Waals surface area (Å²) >= 11 is 0. The molecule has 4 amide bonds. The van der Waals surface area contributed by atoms with Gasteiger partial charge in [0.2, 0.25) is 23.6 Å². The highest BCUT2D eigenvalue weighted by molar-refractivity contribution is 6.09. The van der Waals surface area contributed by atoms with Gasteiger partial charge in [0.1, 0.15) is 11.6 Å². The number of nitrogens with zero attached hydrogens (tertiary/aromatic N) is 1. The zero-order valence-corrected chi connectivity index (χ0v) is 52.0. The number of fused-ring (bicyclic) bond motifs is 2. The fourth-order valence-electron chi connectivity index (χ4n) is 11.2. The van der Waals surface area contributed by atoms with E-state index in [9.17, 15) is 43.2 Å². The summed E-state index contributed by atoms with van der Waals surface area (Å²) in [5, 5.41) is 8.89. The molecule has 0 saturated carbocycles. The Bertz CT molecular complexity index is 3900. The van der Waals surface area contributed by atoms with Gasteiger partial charge in [-0.3, -0.25) is 38.6 Å². The van der Waals surface area contributed by atoms with Gasteiger partial charge in [0.25, 0.3) is 0 Å². The van der Waals surface area contributed by atoms with E-state index >= 15 is 0 Å². The number of primary amides is 2. The van der Waals surface area contributed by atoms with E-state index in [0.717, 1.165) is 49.5 Å². The average Bonchev–Trinajstić information content (AvgIpc) is 1.57. The normalized spacial score (nSPS) is 13.0. The molecule has 0 unspecified atom stereocenters. The van der Waals surface area contributed by atoms with Crippen molar-refractivity contribution in [2.75, 3.05) is 18.0 Å².